The molecule has 5 aromatic rings. The highest BCUT2D eigenvalue weighted by molar-refractivity contribution is 6.01. The Labute approximate surface area is 303 Å². The van der Waals surface area contributed by atoms with Crippen LogP contribution in [0.3, 0.4) is 0 Å². The van der Waals surface area contributed by atoms with Crippen molar-refractivity contribution in [3.8, 4) is 33.8 Å². The number of ether oxygens (including phenoxy) is 2. The number of alkyl halides is 2. The number of aromatic nitrogens is 3. The summed E-state index contributed by atoms with van der Waals surface area (Å²) >= 11 is 0. The van der Waals surface area contributed by atoms with Gasteiger partial charge >= 0.3 is 5.69 Å². The third-order valence-corrected chi connectivity index (χ3v) is 11.0. The number of rotatable bonds is 7. The van der Waals surface area contributed by atoms with Gasteiger partial charge in [-0.25, -0.2) is 4.79 Å². The standard InChI is InChI=1S/C40H39F2N5O6/c1-44-19-28(26-8-5-9-27(26)38(44)50)24-16-33(52-3)29(34(17-24)53-4)20-46-18-23-12-11-22(15-30(23)40(41,42)21-46)25-7-6-10-31-36(25)45(2)39(51)47(31)32-13-14-35(48)43-37(32)49/h6-7,10-12,15-17,19,32H,5,8-9,13-14,18,20-21H2,1-4H3,(H,43,48,49). The van der Waals surface area contributed by atoms with Crippen molar-refractivity contribution in [1.82, 2.24) is 23.9 Å². The first-order chi connectivity index (χ1) is 25.4. The predicted molar refractivity (Wildman–Crippen MR) is 194 cm³/mol. The summed E-state index contributed by atoms with van der Waals surface area (Å²) < 4.78 is 48.5. The predicted octanol–water partition coefficient (Wildman–Crippen LogP) is 4.96. The Hall–Kier alpha value is -5.56. The van der Waals surface area contributed by atoms with Gasteiger partial charge in [-0.1, -0.05) is 24.3 Å². The maximum Gasteiger partial charge on any atom is 0.329 e. The van der Waals surface area contributed by atoms with Gasteiger partial charge in [0.1, 0.15) is 17.5 Å². The number of amides is 2. The van der Waals surface area contributed by atoms with E-state index in [1.165, 1.54) is 15.2 Å². The summed E-state index contributed by atoms with van der Waals surface area (Å²) in [7, 11) is 6.42. The van der Waals surface area contributed by atoms with E-state index in [1.807, 2.05) is 18.3 Å². The third-order valence-electron chi connectivity index (χ3n) is 11.0. The summed E-state index contributed by atoms with van der Waals surface area (Å²) in [6.45, 7) is -0.146. The van der Waals surface area contributed by atoms with Crippen molar-refractivity contribution < 1.29 is 27.8 Å². The van der Waals surface area contributed by atoms with Gasteiger partial charge in [0.15, 0.2) is 0 Å². The molecule has 0 bridgehead atoms. The Morgan fingerprint density at radius 2 is 1.62 bits per heavy atom. The first-order valence-corrected chi connectivity index (χ1v) is 17.6. The Kier molecular flexibility index (Phi) is 8.36. The summed E-state index contributed by atoms with van der Waals surface area (Å²) in [4.78, 5) is 52.4. The molecule has 1 atom stereocenters. The monoisotopic (exact) mass is 723 g/mol. The average Bonchev–Trinajstić information content (AvgIpc) is 3.73. The Bertz CT molecular complexity index is 2460. The molecular weight excluding hydrogens is 684 g/mol. The number of halogens is 2. The van der Waals surface area contributed by atoms with E-state index in [9.17, 15) is 19.2 Å². The summed E-state index contributed by atoms with van der Waals surface area (Å²) in [5, 5.41) is 2.31. The molecule has 2 aliphatic heterocycles. The van der Waals surface area contributed by atoms with Crippen molar-refractivity contribution in [2.24, 2.45) is 14.1 Å². The molecule has 1 unspecified atom stereocenters. The smallest absolute Gasteiger partial charge is 0.329 e. The van der Waals surface area contributed by atoms with Gasteiger partial charge in [0.25, 0.3) is 11.5 Å². The van der Waals surface area contributed by atoms with Gasteiger partial charge in [-0.05, 0) is 72.2 Å². The summed E-state index contributed by atoms with van der Waals surface area (Å²) in [5.41, 5.74) is 6.32. The Balaban J connectivity index is 1.12. The quantitative estimate of drug-likeness (QED) is 0.236. The van der Waals surface area contributed by atoms with Crippen LogP contribution < -0.4 is 26.0 Å². The molecule has 1 N–H and O–H groups in total. The number of hydrogen-bond donors (Lipinski definition) is 1. The van der Waals surface area contributed by atoms with Gasteiger partial charge < -0.3 is 14.0 Å². The molecule has 2 amide bonds. The lowest BCUT2D eigenvalue weighted by Crippen LogP contribution is -2.44. The summed E-state index contributed by atoms with van der Waals surface area (Å²) in [6.07, 6.45) is 4.59. The number of imidazole rings is 1. The lowest BCUT2D eigenvalue weighted by atomic mass is 9.91. The number of carbonyl (C=O) groups excluding carboxylic acids is 2. The van der Waals surface area contributed by atoms with Crippen LogP contribution in [0.1, 0.15) is 53.1 Å². The van der Waals surface area contributed by atoms with Crippen molar-refractivity contribution in [2.45, 2.75) is 57.2 Å². The van der Waals surface area contributed by atoms with Crippen molar-refractivity contribution in [3.63, 3.8) is 0 Å². The Morgan fingerprint density at radius 1 is 0.887 bits per heavy atom. The Morgan fingerprint density at radius 3 is 2.34 bits per heavy atom. The molecule has 274 valence electrons. The minimum atomic E-state index is -3.21. The first-order valence-electron chi connectivity index (χ1n) is 17.6. The number of carbonyl (C=O) groups is 2. The lowest BCUT2D eigenvalue weighted by Gasteiger charge is -2.35. The van der Waals surface area contributed by atoms with Gasteiger partial charge in [0.05, 0.1) is 37.4 Å². The maximum atomic E-state index is 16.2. The number of aryl methyl sites for hydroxylation is 2. The maximum absolute atomic E-state index is 16.2. The minimum Gasteiger partial charge on any atom is -0.496 e. The van der Waals surface area contributed by atoms with Gasteiger partial charge in [-0.3, -0.25) is 33.7 Å². The highest BCUT2D eigenvalue weighted by atomic mass is 19.3. The fourth-order valence-corrected chi connectivity index (χ4v) is 8.49. The highest BCUT2D eigenvalue weighted by Crippen LogP contribution is 2.43. The number of methoxy groups -OCH3 is 2. The topological polar surface area (TPSA) is 117 Å². The van der Waals surface area contributed by atoms with Crippen LogP contribution in [0.2, 0.25) is 0 Å². The van der Waals surface area contributed by atoms with Crippen molar-refractivity contribution in [1.29, 1.82) is 0 Å². The zero-order chi connectivity index (χ0) is 37.3. The van der Waals surface area contributed by atoms with E-state index in [0.717, 1.165) is 41.5 Å². The van der Waals surface area contributed by atoms with E-state index in [-0.39, 0.29) is 43.0 Å². The van der Waals surface area contributed by atoms with Crippen LogP contribution in [0, 0.1) is 0 Å². The summed E-state index contributed by atoms with van der Waals surface area (Å²) in [5.74, 6) is -3.12. The molecule has 53 heavy (non-hydrogen) atoms. The molecule has 11 nitrogen and oxygen atoms in total. The fourth-order valence-electron chi connectivity index (χ4n) is 8.49. The minimum absolute atomic E-state index is 0.0155. The van der Waals surface area contributed by atoms with Crippen molar-refractivity contribution in [3.05, 3.63) is 103 Å². The highest BCUT2D eigenvalue weighted by Gasteiger charge is 2.41. The molecule has 0 radical (unpaired) electrons. The molecule has 8 rings (SSSR count). The molecule has 3 aliphatic rings. The fraction of sp³-hybridized carbons (Fsp3) is 0.350. The number of hydrogen-bond acceptors (Lipinski definition) is 7. The van der Waals surface area contributed by atoms with Crippen LogP contribution in [0.15, 0.2) is 64.3 Å². The van der Waals surface area contributed by atoms with Crippen LogP contribution >= 0.6 is 0 Å². The number of pyridine rings is 1. The van der Waals surface area contributed by atoms with E-state index in [0.29, 0.717) is 44.8 Å². The molecule has 0 saturated carbocycles. The van der Waals surface area contributed by atoms with Crippen molar-refractivity contribution in [2.75, 3.05) is 20.8 Å². The van der Waals surface area contributed by atoms with E-state index in [4.69, 9.17) is 9.47 Å². The number of nitrogens with one attached hydrogen (secondary N) is 1. The van der Waals surface area contributed by atoms with Gasteiger partial charge in [-0.15, -0.1) is 0 Å². The number of para-hydroxylation sites is 1. The number of piperidine rings is 1. The van der Waals surface area contributed by atoms with Crippen molar-refractivity contribution >= 4 is 22.8 Å². The molecule has 1 saturated heterocycles. The molecule has 4 heterocycles. The van der Waals surface area contributed by atoms with Crippen LogP contribution in [-0.4, -0.2) is 51.2 Å². The number of imide groups is 1. The third kappa shape index (κ3) is 5.65. The second-order valence-electron chi connectivity index (χ2n) is 14.2. The molecule has 2 aromatic heterocycles. The zero-order valence-corrected chi connectivity index (χ0v) is 29.9. The normalized spacial score (nSPS) is 18.2. The summed E-state index contributed by atoms with van der Waals surface area (Å²) in [6, 6.07) is 13.1. The number of nitrogens with zero attached hydrogens (tertiary/aromatic N) is 4. The zero-order valence-electron chi connectivity index (χ0n) is 29.9. The molecule has 0 spiro atoms. The second kappa shape index (κ2) is 12.8. The van der Waals surface area contributed by atoms with Crippen LogP contribution in [0.4, 0.5) is 8.78 Å². The first kappa shape index (κ1) is 34.5. The van der Waals surface area contributed by atoms with Crippen LogP contribution in [-0.2, 0) is 55.5 Å². The van der Waals surface area contributed by atoms with Gasteiger partial charge in [-0.2, -0.15) is 8.78 Å². The molecule has 3 aromatic carbocycles. The van der Waals surface area contributed by atoms with E-state index in [2.05, 4.69) is 5.32 Å². The number of benzene rings is 3. The lowest BCUT2D eigenvalue weighted by molar-refractivity contribution is -0.135. The average molecular weight is 724 g/mol. The van der Waals surface area contributed by atoms with Gasteiger partial charge in [0.2, 0.25) is 11.8 Å². The van der Waals surface area contributed by atoms with Crippen LogP contribution in [0.5, 0.6) is 11.5 Å². The number of fused-ring (bicyclic) bond motifs is 3. The van der Waals surface area contributed by atoms with Crippen LogP contribution in [0.25, 0.3) is 33.3 Å². The SMILES string of the molecule is COc1cc(-c2cn(C)c(=O)c3c2CCC3)cc(OC)c1CN1Cc2ccc(-c3cccc4c3n(C)c(=O)n4C3CCC(=O)NC3=O)cc2C(F)(F)C1. The second-order valence-corrected chi connectivity index (χ2v) is 14.2. The van der Waals surface area contributed by atoms with E-state index < -0.39 is 30.1 Å². The largest absolute Gasteiger partial charge is 0.496 e. The molecular formula is C40H39F2N5O6. The molecule has 1 fully saturated rings. The van der Waals surface area contributed by atoms with Gasteiger partial charge in [0, 0.05) is 62.1 Å². The van der Waals surface area contributed by atoms with E-state index in [1.54, 1.807) is 68.1 Å². The molecule has 1 aliphatic carbocycles. The molecule has 13 heteroatoms. The van der Waals surface area contributed by atoms with E-state index >= 15 is 8.78 Å².